The first-order chi connectivity index (χ1) is 10.7. The number of anilines is 1. The maximum atomic E-state index is 10.6. The van der Waals surface area contributed by atoms with E-state index in [1.54, 1.807) is 0 Å². The summed E-state index contributed by atoms with van der Waals surface area (Å²) in [5.74, 6) is -2.16. The second-order valence-electron chi connectivity index (χ2n) is 4.76. The predicted molar refractivity (Wildman–Crippen MR) is 79.5 cm³/mol. The van der Waals surface area contributed by atoms with Gasteiger partial charge in [-0.3, -0.25) is 0 Å². The largest absolute Gasteiger partial charge is 0.490 e. The number of nitrogens with zero attached hydrogens (tertiary/aromatic N) is 3. The van der Waals surface area contributed by atoms with Gasteiger partial charge in [-0.2, -0.15) is 18.2 Å². The number of halogens is 3. The van der Waals surface area contributed by atoms with Crippen LogP contribution in [0.5, 0.6) is 0 Å². The average molecular weight is 333 g/mol. The van der Waals surface area contributed by atoms with Gasteiger partial charge in [0.15, 0.2) is 11.8 Å². The lowest BCUT2D eigenvalue weighted by molar-refractivity contribution is -0.192. The molecule has 2 heterocycles. The first-order valence-electron chi connectivity index (χ1n) is 6.81. The van der Waals surface area contributed by atoms with Crippen LogP contribution in [0, 0.1) is 0 Å². The zero-order valence-electron chi connectivity index (χ0n) is 12.3. The third kappa shape index (κ3) is 6.85. The molecule has 23 heavy (non-hydrogen) atoms. The second-order valence-corrected chi connectivity index (χ2v) is 4.76. The van der Waals surface area contributed by atoms with E-state index >= 15 is 0 Å². The number of hydrogen-bond donors (Lipinski definition) is 3. The summed E-state index contributed by atoms with van der Waals surface area (Å²) in [7, 11) is 0. The van der Waals surface area contributed by atoms with Gasteiger partial charge in [0, 0.05) is 13.1 Å². The van der Waals surface area contributed by atoms with Gasteiger partial charge in [0.1, 0.15) is 0 Å². The van der Waals surface area contributed by atoms with Crippen molar-refractivity contribution < 1.29 is 23.1 Å². The number of rotatable bonds is 2. The second kappa shape index (κ2) is 8.20. The number of aliphatic imine (C=N–C) groups is 1. The Bertz CT molecular complexity index is 536. The van der Waals surface area contributed by atoms with Gasteiger partial charge in [0.2, 0.25) is 0 Å². The van der Waals surface area contributed by atoms with E-state index in [1.807, 2.05) is 18.3 Å². The van der Waals surface area contributed by atoms with Crippen LogP contribution in [-0.2, 0) is 4.79 Å². The molecule has 5 N–H and O–H groups in total. The molecule has 0 radical (unpaired) electrons. The molecule has 1 saturated heterocycles. The lowest BCUT2D eigenvalue weighted by Crippen LogP contribution is -2.29. The zero-order valence-corrected chi connectivity index (χ0v) is 12.3. The summed E-state index contributed by atoms with van der Waals surface area (Å²) >= 11 is 0. The van der Waals surface area contributed by atoms with Crippen LogP contribution in [0.1, 0.15) is 19.3 Å². The van der Waals surface area contributed by atoms with Gasteiger partial charge in [0.05, 0.1) is 11.9 Å². The van der Waals surface area contributed by atoms with E-state index in [-0.39, 0.29) is 5.96 Å². The first kappa shape index (κ1) is 18.5. The SMILES string of the molecule is NC(N)=Nc1ccc(N2CCCCC2)cn1.O=C(O)C(F)(F)F. The molecule has 1 aromatic rings. The van der Waals surface area contributed by atoms with E-state index in [4.69, 9.17) is 21.4 Å². The van der Waals surface area contributed by atoms with Crippen LogP contribution in [-0.4, -0.2) is 41.3 Å². The van der Waals surface area contributed by atoms with Crippen LogP contribution >= 0.6 is 0 Å². The lowest BCUT2D eigenvalue weighted by atomic mass is 10.1. The summed E-state index contributed by atoms with van der Waals surface area (Å²) in [6, 6.07) is 3.85. The predicted octanol–water partition coefficient (Wildman–Crippen LogP) is 1.61. The van der Waals surface area contributed by atoms with Crippen molar-refractivity contribution in [2.75, 3.05) is 18.0 Å². The number of aromatic nitrogens is 1. The van der Waals surface area contributed by atoms with Crippen LogP contribution in [0.2, 0.25) is 0 Å². The van der Waals surface area contributed by atoms with Gasteiger partial charge < -0.3 is 21.5 Å². The number of pyridine rings is 1. The fraction of sp³-hybridized carbons (Fsp3) is 0.462. The molecular formula is C13H18F3N5O2. The molecule has 0 atom stereocenters. The Morgan fingerprint density at radius 2 is 1.78 bits per heavy atom. The molecule has 2 rings (SSSR count). The van der Waals surface area contributed by atoms with Gasteiger partial charge in [-0.1, -0.05) is 0 Å². The maximum Gasteiger partial charge on any atom is 0.490 e. The lowest BCUT2D eigenvalue weighted by Gasteiger charge is -2.28. The molecule has 0 amide bonds. The molecule has 1 aliphatic rings. The number of piperidine rings is 1. The monoisotopic (exact) mass is 333 g/mol. The molecule has 7 nitrogen and oxygen atoms in total. The molecule has 1 fully saturated rings. The number of carboxylic acids is 1. The number of aliphatic carboxylic acids is 1. The minimum atomic E-state index is -5.08. The third-order valence-corrected chi connectivity index (χ3v) is 2.94. The van der Waals surface area contributed by atoms with E-state index in [0.29, 0.717) is 5.82 Å². The highest BCUT2D eigenvalue weighted by atomic mass is 19.4. The summed E-state index contributed by atoms with van der Waals surface area (Å²) in [5.41, 5.74) is 11.7. The maximum absolute atomic E-state index is 10.6. The number of nitrogens with two attached hydrogens (primary N) is 2. The normalized spacial score (nSPS) is 14.5. The van der Waals surface area contributed by atoms with Crippen molar-refractivity contribution in [1.82, 2.24) is 4.98 Å². The average Bonchev–Trinajstić information content (AvgIpc) is 2.48. The summed E-state index contributed by atoms with van der Waals surface area (Å²) in [4.78, 5) is 19.3. The summed E-state index contributed by atoms with van der Waals surface area (Å²) in [5, 5.41) is 7.12. The quantitative estimate of drug-likeness (QED) is 0.559. The summed E-state index contributed by atoms with van der Waals surface area (Å²) < 4.78 is 31.7. The Kier molecular flexibility index (Phi) is 6.61. The topological polar surface area (TPSA) is 118 Å². The Morgan fingerprint density at radius 3 is 2.17 bits per heavy atom. The fourth-order valence-corrected chi connectivity index (χ4v) is 1.92. The third-order valence-electron chi connectivity index (χ3n) is 2.94. The molecular weight excluding hydrogens is 315 g/mol. The van der Waals surface area contributed by atoms with Gasteiger partial charge in [-0.25, -0.2) is 9.78 Å². The van der Waals surface area contributed by atoms with Crippen molar-refractivity contribution >= 4 is 23.4 Å². The van der Waals surface area contributed by atoms with Crippen molar-refractivity contribution in [1.29, 1.82) is 0 Å². The first-order valence-corrected chi connectivity index (χ1v) is 6.81. The van der Waals surface area contributed by atoms with Crippen LogP contribution in [0.25, 0.3) is 0 Å². The molecule has 0 spiro atoms. The van der Waals surface area contributed by atoms with E-state index in [0.717, 1.165) is 18.8 Å². The molecule has 1 aromatic heterocycles. The van der Waals surface area contributed by atoms with Crippen LogP contribution in [0.3, 0.4) is 0 Å². The van der Waals surface area contributed by atoms with Crippen LogP contribution in [0.15, 0.2) is 23.3 Å². The van der Waals surface area contributed by atoms with Crippen molar-refractivity contribution in [2.45, 2.75) is 25.4 Å². The van der Waals surface area contributed by atoms with E-state index in [1.165, 1.54) is 19.3 Å². The van der Waals surface area contributed by atoms with Crippen molar-refractivity contribution in [3.8, 4) is 0 Å². The fourth-order valence-electron chi connectivity index (χ4n) is 1.92. The minimum Gasteiger partial charge on any atom is -0.475 e. The van der Waals surface area contributed by atoms with Crippen LogP contribution in [0.4, 0.5) is 24.7 Å². The minimum absolute atomic E-state index is 0.0400. The van der Waals surface area contributed by atoms with Crippen molar-refractivity contribution in [2.24, 2.45) is 16.5 Å². The standard InChI is InChI=1S/C11H17N5.C2HF3O2/c12-11(13)15-10-5-4-9(8-14-10)16-6-2-1-3-7-16;3-2(4,5)1(6)7/h4-5,8H,1-3,6-7H2,(H4,12,13,14,15);(H,6,7). The van der Waals surface area contributed by atoms with Gasteiger partial charge >= 0.3 is 12.1 Å². The van der Waals surface area contributed by atoms with Crippen molar-refractivity contribution in [3.05, 3.63) is 18.3 Å². The molecule has 0 saturated carbocycles. The molecule has 0 bridgehead atoms. The highest BCUT2D eigenvalue weighted by Crippen LogP contribution is 2.20. The number of guanidine groups is 1. The Balaban J connectivity index is 0.000000322. The number of hydrogen-bond acceptors (Lipinski definition) is 4. The number of carboxylic acid groups (broad SMARTS) is 1. The molecule has 128 valence electrons. The van der Waals surface area contributed by atoms with Crippen LogP contribution < -0.4 is 16.4 Å². The highest BCUT2D eigenvalue weighted by molar-refractivity contribution is 5.78. The Morgan fingerprint density at radius 1 is 1.22 bits per heavy atom. The van der Waals surface area contributed by atoms with Gasteiger partial charge in [0.25, 0.3) is 0 Å². The van der Waals surface area contributed by atoms with Gasteiger partial charge in [-0.15, -0.1) is 0 Å². The smallest absolute Gasteiger partial charge is 0.475 e. The molecule has 0 unspecified atom stereocenters. The summed E-state index contributed by atoms with van der Waals surface area (Å²) in [6.07, 6.45) is 0.592. The van der Waals surface area contributed by atoms with Crippen molar-refractivity contribution in [3.63, 3.8) is 0 Å². The summed E-state index contributed by atoms with van der Waals surface area (Å²) in [6.45, 7) is 2.23. The Hall–Kier alpha value is -2.52. The molecule has 0 aromatic carbocycles. The van der Waals surface area contributed by atoms with Gasteiger partial charge in [-0.05, 0) is 31.4 Å². The molecule has 10 heteroatoms. The Labute approximate surface area is 130 Å². The van der Waals surface area contributed by atoms with E-state index in [9.17, 15) is 13.2 Å². The highest BCUT2D eigenvalue weighted by Gasteiger charge is 2.38. The molecule has 0 aliphatic carbocycles. The number of alkyl halides is 3. The van der Waals surface area contributed by atoms with E-state index < -0.39 is 12.1 Å². The molecule has 1 aliphatic heterocycles. The van der Waals surface area contributed by atoms with E-state index in [2.05, 4.69) is 14.9 Å². The number of carbonyl (C=O) groups is 1. The zero-order chi connectivity index (χ0) is 17.5.